The molecule has 0 aliphatic carbocycles. The van der Waals surface area contributed by atoms with Gasteiger partial charge in [-0.15, -0.1) is 0 Å². The molecule has 10 heteroatoms. The van der Waals surface area contributed by atoms with Crippen molar-refractivity contribution in [3.8, 4) is 0 Å². The van der Waals surface area contributed by atoms with Gasteiger partial charge in [-0.3, -0.25) is 24.5 Å². The first-order valence-corrected chi connectivity index (χ1v) is 9.78. The fraction of sp³-hybridized carbons (Fsp3) is 0.238. The summed E-state index contributed by atoms with van der Waals surface area (Å²) in [7, 11) is 0. The van der Waals surface area contributed by atoms with Crippen molar-refractivity contribution in [3.05, 3.63) is 64.2 Å². The van der Waals surface area contributed by atoms with E-state index in [-0.39, 0.29) is 36.2 Å². The smallest absolute Gasteiger partial charge is 0.322 e. The van der Waals surface area contributed by atoms with E-state index >= 15 is 8.78 Å². The van der Waals surface area contributed by atoms with Crippen molar-refractivity contribution in [1.82, 2.24) is 10.2 Å². The molecule has 2 heterocycles. The Kier molecular flexibility index (Phi) is 5.22. The van der Waals surface area contributed by atoms with Gasteiger partial charge in [0.1, 0.15) is 6.04 Å². The number of anilines is 1. The van der Waals surface area contributed by atoms with Crippen LogP contribution in [0.15, 0.2) is 42.5 Å². The number of carbonyl (C=O) groups excluding carboxylic acids is 4. The second-order valence-corrected chi connectivity index (χ2v) is 7.70. The lowest BCUT2D eigenvalue weighted by molar-refractivity contribution is -0.141. The van der Waals surface area contributed by atoms with Crippen LogP contribution in [-0.4, -0.2) is 34.6 Å². The fourth-order valence-corrected chi connectivity index (χ4v) is 3.87. The summed E-state index contributed by atoms with van der Waals surface area (Å²) >= 11 is 5.76. The van der Waals surface area contributed by atoms with Crippen molar-refractivity contribution < 1.29 is 28.0 Å². The van der Waals surface area contributed by atoms with Crippen molar-refractivity contribution >= 4 is 40.9 Å². The monoisotopic (exact) mass is 447 g/mol. The Morgan fingerprint density at radius 3 is 2.52 bits per heavy atom. The molecule has 160 valence electrons. The number of rotatable bonds is 4. The van der Waals surface area contributed by atoms with Gasteiger partial charge in [0, 0.05) is 34.8 Å². The number of hydrogen-bond acceptors (Lipinski definition) is 4. The molecule has 1 unspecified atom stereocenters. The van der Waals surface area contributed by atoms with E-state index in [0.717, 1.165) is 11.0 Å². The summed E-state index contributed by atoms with van der Waals surface area (Å²) in [6.45, 7) is -0.263. The average molecular weight is 448 g/mol. The molecule has 7 nitrogen and oxygen atoms in total. The summed E-state index contributed by atoms with van der Waals surface area (Å²) in [5.74, 6) is -7.19. The van der Waals surface area contributed by atoms with Crippen LogP contribution < -0.4 is 10.6 Å². The number of piperidine rings is 1. The molecule has 0 spiro atoms. The Labute approximate surface area is 180 Å². The lowest BCUT2D eigenvalue weighted by atomic mass is 9.97. The third-order valence-electron chi connectivity index (χ3n) is 5.31. The molecule has 2 aliphatic rings. The van der Waals surface area contributed by atoms with Crippen molar-refractivity contribution in [2.45, 2.75) is 31.4 Å². The average Bonchev–Trinajstić information content (AvgIpc) is 3.06. The Bertz CT molecular complexity index is 1100. The molecule has 2 N–H and O–H groups in total. The lowest BCUT2D eigenvalue weighted by Crippen LogP contribution is -2.52. The number of hydrogen-bond donors (Lipinski definition) is 2. The molecular formula is C21H16ClF2N3O4. The van der Waals surface area contributed by atoms with E-state index in [2.05, 4.69) is 10.6 Å². The van der Waals surface area contributed by atoms with E-state index < -0.39 is 41.2 Å². The molecule has 0 saturated carbocycles. The van der Waals surface area contributed by atoms with Crippen LogP contribution in [0.2, 0.25) is 5.02 Å². The van der Waals surface area contributed by atoms with Crippen LogP contribution >= 0.6 is 11.6 Å². The molecule has 4 rings (SSSR count). The van der Waals surface area contributed by atoms with Gasteiger partial charge in [0.2, 0.25) is 11.8 Å². The molecule has 0 radical (unpaired) electrons. The Morgan fingerprint density at radius 1 is 1.13 bits per heavy atom. The minimum absolute atomic E-state index is 0.00108. The maximum Gasteiger partial charge on any atom is 0.350 e. The van der Waals surface area contributed by atoms with E-state index in [1.54, 1.807) is 0 Å². The van der Waals surface area contributed by atoms with Gasteiger partial charge in [0.05, 0.1) is 0 Å². The molecule has 1 saturated heterocycles. The summed E-state index contributed by atoms with van der Waals surface area (Å²) in [6.07, 6.45) is 0.149. The first-order valence-electron chi connectivity index (χ1n) is 9.40. The SMILES string of the molecule is O=C1CCC(N2Cc3c(cccc3C(F)(F)C(=O)Nc3ccc(Cl)cc3)C2=O)C(=O)N1. The molecular weight excluding hydrogens is 432 g/mol. The van der Waals surface area contributed by atoms with Gasteiger partial charge in [0.15, 0.2) is 0 Å². The molecule has 2 aromatic carbocycles. The summed E-state index contributed by atoms with van der Waals surface area (Å²) < 4.78 is 30.2. The van der Waals surface area contributed by atoms with E-state index in [0.29, 0.717) is 5.02 Å². The third kappa shape index (κ3) is 3.76. The zero-order chi connectivity index (χ0) is 22.3. The number of carbonyl (C=O) groups is 4. The summed E-state index contributed by atoms with van der Waals surface area (Å²) in [5.41, 5.74) is -0.489. The zero-order valence-electron chi connectivity index (χ0n) is 16.0. The van der Waals surface area contributed by atoms with Gasteiger partial charge in [0.25, 0.3) is 11.8 Å². The quantitative estimate of drug-likeness (QED) is 0.704. The maximum absolute atomic E-state index is 15.1. The molecule has 0 aromatic heterocycles. The van der Waals surface area contributed by atoms with Crippen molar-refractivity contribution in [2.75, 3.05) is 5.32 Å². The number of imide groups is 1. The number of nitrogens with one attached hydrogen (secondary N) is 2. The molecule has 2 aliphatic heterocycles. The first-order chi connectivity index (χ1) is 14.7. The van der Waals surface area contributed by atoms with Crippen LogP contribution in [0.4, 0.5) is 14.5 Å². The summed E-state index contributed by atoms with van der Waals surface area (Å²) in [5, 5.41) is 4.69. The van der Waals surface area contributed by atoms with Crippen molar-refractivity contribution in [3.63, 3.8) is 0 Å². The summed E-state index contributed by atoms with van der Waals surface area (Å²) in [6, 6.07) is 8.46. The van der Waals surface area contributed by atoms with Crippen molar-refractivity contribution in [2.24, 2.45) is 0 Å². The highest BCUT2D eigenvalue weighted by atomic mass is 35.5. The second-order valence-electron chi connectivity index (χ2n) is 7.27. The standard InChI is InChI=1S/C21H16ClF2N3O4/c22-11-4-6-12(7-5-11)25-20(31)21(23,24)15-3-1-2-13-14(15)10-27(19(13)30)16-8-9-17(28)26-18(16)29/h1-7,16H,8-10H2,(H,25,31)(H,26,28,29). The first kappa shape index (κ1) is 20.9. The normalized spacial score (nSPS) is 18.6. The zero-order valence-corrected chi connectivity index (χ0v) is 16.7. The van der Waals surface area contributed by atoms with Crippen molar-refractivity contribution in [1.29, 1.82) is 0 Å². The van der Waals surface area contributed by atoms with Gasteiger partial charge < -0.3 is 10.2 Å². The molecule has 0 bridgehead atoms. The predicted octanol–water partition coefficient (Wildman–Crippen LogP) is 2.83. The number of fused-ring (bicyclic) bond motifs is 1. The highest BCUT2D eigenvalue weighted by Gasteiger charge is 2.47. The van der Waals surface area contributed by atoms with E-state index in [1.165, 1.54) is 36.4 Å². The van der Waals surface area contributed by atoms with E-state index in [4.69, 9.17) is 11.6 Å². The number of benzene rings is 2. The Morgan fingerprint density at radius 2 is 1.84 bits per heavy atom. The highest BCUT2D eigenvalue weighted by molar-refractivity contribution is 6.30. The largest absolute Gasteiger partial charge is 0.350 e. The third-order valence-corrected chi connectivity index (χ3v) is 5.56. The van der Waals surface area contributed by atoms with E-state index in [1.807, 2.05) is 0 Å². The molecule has 1 fully saturated rings. The van der Waals surface area contributed by atoms with Gasteiger partial charge in [-0.2, -0.15) is 8.78 Å². The number of alkyl halides is 2. The van der Waals surface area contributed by atoms with Crippen LogP contribution in [0.5, 0.6) is 0 Å². The fourth-order valence-electron chi connectivity index (χ4n) is 3.74. The molecule has 2 aromatic rings. The predicted molar refractivity (Wildman–Crippen MR) is 106 cm³/mol. The van der Waals surface area contributed by atoms with Crippen LogP contribution in [0.25, 0.3) is 0 Å². The number of halogens is 3. The second kappa shape index (κ2) is 7.73. The minimum atomic E-state index is -3.94. The Balaban J connectivity index is 1.61. The van der Waals surface area contributed by atoms with Gasteiger partial charge in [-0.05, 0) is 42.3 Å². The maximum atomic E-state index is 15.1. The van der Waals surface area contributed by atoms with E-state index in [9.17, 15) is 19.2 Å². The molecule has 4 amide bonds. The van der Waals surface area contributed by atoms with Crippen LogP contribution in [0.1, 0.15) is 34.3 Å². The van der Waals surface area contributed by atoms with Crippen LogP contribution in [0, 0.1) is 0 Å². The van der Waals surface area contributed by atoms with Gasteiger partial charge in [-0.25, -0.2) is 0 Å². The topological polar surface area (TPSA) is 95.6 Å². The van der Waals surface area contributed by atoms with Crippen LogP contribution in [-0.2, 0) is 26.9 Å². The van der Waals surface area contributed by atoms with Crippen LogP contribution in [0.3, 0.4) is 0 Å². The van der Waals surface area contributed by atoms with Gasteiger partial charge >= 0.3 is 5.92 Å². The number of nitrogens with zero attached hydrogens (tertiary/aromatic N) is 1. The Hall–Kier alpha value is -3.33. The summed E-state index contributed by atoms with van der Waals surface area (Å²) in [4.78, 5) is 49.9. The lowest BCUT2D eigenvalue weighted by Gasteiger charge is -2.29. The molecule has 1 atom stereocenters. The molecule has 31 heavy (non-hydrogen) atoms. The minimum Gasteiger partial charge on any atom is -0.322 e. The highest BCUT2D eigenvalue weighted by Crippen LogP contribution is 2.38. The van der Waals surface area contributed by atoms with Gasteiger partial charge in [-0.1, -0.05) is 23.7 Å². The number of amides is 4.